The van der Waals surface area contributed by atoms with Crippen LogP contribution in [0.15, 0.2) is 0 Å². The molecule has 0 fully saturated rings. The summed E-state index contributed by atoms with van der Waals surface area (Å²) in [5, 5.41) is 13.0. The number of rotatable bonds is 8. The lowest BCUT2D eigenvalue weighted by Gasteiger charge is -2.23. The van der Waals surface area contributed by atoms with E-state index in [2.05, 4.69) is 37.9 Å². The molecular formula is C11H26N2O. The molecule has 2 unspecified atom stereocenters. The van der Waals surface area contributed by atoms with Gasteiger partial charge in [0.2, 0.25) is 0 Å². The zero-order valence-electron chi connectivity index (χ0n) is 10.1. The Bertz CT molecular complexity index is 126. The maximum atomic E-state index is 9.72. The summed E-state index contributed by atoms with van der Waals surface area (Å²) in [5.74, 6) is 0. The van der Waals surface area contributed by atoms with Gasteiger partial charge >= 0.3 is 0 Å². The molecule has 86 valence electrons. The summed E-state index contributed by atoms with van der Waals surface area (Å²) in [5.41, 5.74) is 0. The summed E-state index contributed by atoms with van der Waals surface area (Å²) in [7, 11) is 0. The zero-order valence-corrected chi connectivity index (χ0v) is 10.1. The maximum Gasteiger partial charge on any atom is 0.0791 e. The molecule has 0 aliphatic heterocycles. The van der Waals surface area contributed by atoms with Crippen molar-refractivity contribution in [3.05, 3.63) is 0 Å². The predicted octanol–water partition coefficient (Wildman–Crippen LogP) is 1.08. The lowest BCUT2D eigenvalue weighted by molar-refractivity contribution is 0.114. The van der Waals surface area contributed by atoms with Crippen LogP contribution in [-0.2, 0) is 0 Å². The number of likely N-dealkylation sites (N-methyl/N-ethyl adjacent to an activating group) is 1. The highest BCUT2D eigenvalue weighted by atomic mass is 16.3. The third-order valence-electron chi connectivity index (χ3n) is 2.68. The summed E-state index contributed by atoms with van der Waals surface area (Å²) in [4.78, 5) is 2.24. The Kier molecular flexibility index (Phi) is 8.14. The van der Waals surface area contributed by atoms with Gasteiger partial charge in [0.15, 0.2) is 0 Å². The first-order valence-electron chi connectivity index (χ1n) is 5.77. The second kappa shape index (κ2) is 8.21. The van der Waals surface area contributed by atoms with Crippen LogP contribution in [0.5, 0.6) is 0 Å². The Hall–Kier alpha value is -0.120. The second-order valence-corrected chi connectivity index (χ2v) is 3.86. The fourth-order valence-electron chi connectivity index (χ4n) is 1.33. The molecule has 0 aliphatic carbocycles. The van der Waals surface area contributed by atoms with Crippen molar-refractivity contribution in [3.63, 3.8) is 0 Å². The average Bonchev–Trinajstić information content (AvgIpc) is 2.22. The number of nitrogens with one attached hydrogen (secondary N) is 1. The molecule has 0 aromatic carbocycles. The van der Waals surface area contributed by atoms with Gasteiger partial charge in [-0.05, 0) is 26.4 Å². The first-order valence-corrected chi connectivity index (χ1v) is 5.77. The van der Waals surface area contributed by atoms with E-state index in [1.807, 2.05) is 0 Å². The molecule has 0 rings (SSSR count). The molecule has 2 atom stereocenters. The van der Waals surface area contributed by atoms with Crippen LogP contribution in [0.4, 0.5) is 0 Å². The van der Waals surface area contributed by atoms with Crippen molar-refractivity contribution >= 4 is 0 Å². The molecule has 0 spiro atoms. The molecule has 0 bridgehead atoms. The molecule has 0 heterocycles. The minimum absolute atomic E-state index is 0.246. The van der Waals surface area contributed by atoms with Gasteiger partial charge in [-0.1, -0.05) is 20.8 Å². The highest BCUT2D eigenvalue weighted by molar-refractivity contribution is 4.67. The summed E-state index contributed by atoms with van der Waals surface area (Å²) in [6, 6.07) is 0.501. The van der Waals surface area contributed by atoms with Crippen LogP contribution in [0.3, 0.4) is 0 Å². The van der Waals surface area contributed by atoms with Gasteiger partial charge in [0.05, 0.1) is 6.10 Å². The molecule has 2 N–H and O–H groups in total. The molecule has 3 heteroatoms. The fourth-order valence-corrected chi connectivity index (χ4v) is 1.33. The maximum absolute atomic E-state index is 9.72. The number of nitrogens with zero attached hydrogens (tertiary/aromatic N) is 1. The van der Waals surface area contributed by atoms with E-state index in [4.69, 9.17) is 0 Å². The molecule has 0 saturated carbocycles. The Balaban J connectivity index is 3.58. The van der Waals surface area contributed by atoms with E-state index in [1.54, 1.807) is 0 Å². The van der Waals surface area contributed by atoms with Crippen molar-refractivity contribution in [3.8, 4) is 0 Å². The molecule has 14 heavy (non-hydrogen) atoms. The van der Waals surface area contributed by atoms with E-state index >= 15 is 0 Å². The molecule has 0 radical (unpaired) electrons. The van der Waals surface area contributed by atoms with E-state index in [-0.39, 0.29) is 6.10 Å². The van der Waals surface area contributed by atoms with Crippen molar-refractivity contribution in [1.82, 2.24) is 10.2 Å². The standard InChI is InChI=1S/C11H26N2O/c1-5-10(4)12-8-11(14)9-13(6-2)7-3/h10-12,14H,5-9H2,1-4H3. The molecule has 0 amide bonds. The average molecular weight is 202 g/mol. The van der Waals surface area contributed by atoms with Crippen LogP contribution < -0.4 is 5.32 Å². The van der Waals surface area contributed by atoms with Crippen molar-refractivity contribution in [2.45, 2.75) is 46.3 Å². The minimum atomic E-state index is -0.246. The lowest BCUT2D eigenvalue weighted by atomic mass is 10.2. The molecule has 0 aromatic rings. The van der Waals surface area contributed by atoms with Gasteiger partial charge in [-0.25, -0.2) is 0 Å². The van der Waals surface area contributed by atoms with Crippen LogP contribution in [0.2, 0.25) is 0 Å². The van der Waals surface area contributed by atoms with E-state index < -0.39 is 0 Å². The summed E-state index contributed by atoms with van der Waals surface area (Å²) < 4.78 is 0. The van der Waals surface area contributed by atoms with Gasteiger partial charge in [-0.2, -0.15) is 0 Å². The number of hydrogen-bond donors (Lipinski definition) is 2. The lowest BCUT2D eigenvalue weighted by Crippen LogP contribution is -2.40. The number of aliphatic hydroxyl groups is 1. The largest absolute Gasteiger partial charge is 0.390 e. The van der Waals surface area contributed by atoms with E-state index in [0.29, 0.717) is 12.6 Å². The predicted molar refractivity (Wildman–Crippen MR) is 61.6 cm³/mol. The van der Waals surface area contributed by atoms with Gasteiger partial charge in [0.1, 0.15) is 0 Å². The number of aliphatic hydroxyl groups excluding tert-OH is 1. The Labute approximate surface area is 88.5 Å². The highest BCUT2D eigenvalue weighted by Gasteiger charge is 2.09. The van der Waals surface area contributed by atoms with Crippen molar-refractivity contribution in [2.24, 2.45) is 0 Å². The van der Waals surface area contributed by atoms with E-state index in [0.717, 1.165) is 26.1 Å². The monoisotopic (exact) mass is 202 g/mol. The van der Waals surface area contributed by atoms with Gasteiger partial charge < -0.3 is 15.3 Å². The third-order valence-corrected chi connectivity index (χ3v) is 2.68. The smallest absolute Gasteiger partial charge is 0.0791 e. The van der Waals surface area contributed by atoms with Crippen LogP contribution in [0, 0.1) is 0 Å². The quantitative estimate of drug-likeness (QED) is 0.618. The topological polar surface area (TPSA) is 35.5 Å². The Morgan fingerprint density at radius 3 is 2.21 bits per heavy atom. The molecule has 0 aromatic heterocycles. The Morgan fingerprint density at radius 2 is 1.79 bits per heavy atom. The van der Waals surface area contributed by atoms with Gasteiger partial charge in [0, 0.05) is 19.1 Å². The zero-order chi connectivity index (χ0) is 11.0. The normalized spacial score (nSPS) is 15.9. The first kappa shape index (κ1) is 13.9. The van der Waals surface area contributed by atoms with Crippen LogP contribution in [-0.4, -0.2) is 48.3 Å². The van der Waals surface area contributed by atoms with E-state index in [1.165, 1.54) is 0 Å². The highest BCUT2D eigenvalue weighted by Crippen LogP contribution is 1.93. The molecule has 0 saturated heterocycles. The minimum Gasteiger partial charge on any atom is -0.390 e. The van der Waals surface area contributed by atoms with Gasteiger partial charge in [-0.3, -0.25) is 0 Å². The third kappa shape index (κ3) is 6.35. The second-order valence-electron chi connectivity index (χ2n) is 3.86. The van der Waals surface area contributed by atoms with Crippen molar-refractivity contribution in [1.29, 1.82) is 0 Å². The summed E-state index contributed by atoms with van der Waals surface area (Å²) >= 11 is 0. The summed E-state index contributed by atoms with van der Waals surface area (Å²) in [6.07, 6.45) is 0.863. The van der Waals surface area contributed by atoms with Crippen LogP contribution >= 0.6 is 0 Å². The van der Waals surface area contributed by atoms with Crippen LogP contribution in [0.1, 0.15) is 34.1 Å². The number of hydrogen-bond acceptors (Lipinski definition) is 3. The fraction of sp³-hybridized carbons (Fsp3) is 1.00. The van der Waals surface area contributed by atoms with Gasteiger partial charge in [-0.15, -0.1) is 0 Å². The Morgan fingerprint density at radius 1 is 1.21 bits per heavy atom. The summed E-state index contributed by atoms with van der Waals surface area (Å²) in [6.45, 7) is 12.0. The van der Waals surface area contributed by atoms with Crippen molar-refractivity contribution < 1.29 is 5.11 Å². The van der Waals surface area contributed by atoms with E-state index in [9.17, 15) is 5.11 Å². The van der Waals surface area contributed by atoms with Crippen LogP contribution in [0.25, 0.3) is 0 Å². The van der Waals surface area contributed by atoms with Crippen molar-refractivity contribution in [2.75, 3.05) is 26.2 Å². The first-order chi connectivity index (χ1) is 6.63. The molecular weight excluding hydrogens is 176 g/mol. The van der Waals surface area contributed by atoms with Gasteiger partial charge in [0.25, 0.3) is 0 Å². The SMILES string of the molecule is CCC(C)NCC(O)CN(CC)CC. The molecule has 0 aliphatic rings. The molecule has 3 nitrogen and oxygen atoms in total.